The van der Waals surface area contributed by atoms with E-state index in [2.05, 4.69) is 46.2 Å². The molecule has 0 radical (unpaired) electrons. The summed E-state index contributed by atoms with van der Waals surface area (Å²) in [6, 6.07) is 7.78. The number of fused-ring (bicyclic) bond motifs is 2. The summed E-state index contributed by atoms with van der Waals surface area (Å²) in [5.41, 5.74) is 5.18. The van der Waals surface area contributed by atoms with Crippen LogP contribution in [0.25, 0.3) is 26.0 Å². The molecule has 1 aliphatic rings. The van der Waals surface area contributed by atoms with Crippen LogP contribution in [-0.4, -0.2) is 34.0 Å². The summed E-state index contributed by atoms with van der Waals surface area (Å²) in [5.74, 6) is -0.275. The number of halogens is 1. The molecular formula is C25H31FN4S2. The lowest BCUT2D eigenvalue weighted by Gasteiger charge is -2.21. The Bertz CT molecular complexity index is 1210. The number of rotatable bonds is 4. The van der Waals surface area contributed by atoms with Gasteiger partial charge in [-0.15, -0.1) is 22.7 Å². The van der Waals surface area contributed by atoms with Gasteiger partial charge in [-0.25, -0.2) is 14.4 Å². The van der Waals surface area contributed by atoms with Gasteiger partial charge in [-0.1, -0.05) is 40.7 Å². The third-order valence-electron chi connectivity index (χ3n) is 5.36. The van der Waals surface area contributed by atoms with Crippen molar-refractivity contribution in [1.82, 2.24) is 14.9 Å². The number of thiazole rings is 1. The molecule has 1 aliphatic heterocycles. The molecule has 0 saturated heterocycles. The maximum Gasteiger partial charge on any atom is 0.148 e. The summed E-state index contributed by atoms with van der Waals surface area (Å²) in [5, 5.41) is 4.28. The van der Waals surface area contributed by atoms with Gasteiger partial charge in [0.1, 0.15) is 10.6 Å². The number of pyridine rings is 1. The third-order valence-corrected chi connectivity index (χ3v) is 7.24. The van der Waals surface area contributed by atoms with E-state index in [4.69, 9.17) is 0 Å². The zero-order valence-electron chi connectivity index (χ0n) is 19.6. The number of nitrogens with one attached hydrogen (secondary N) is 1. The molecule has 4 aromatic rings. The molecule has 1 N–H and O–H groups in total. The molecule has 5 rings (SSSR count). The normalized spacial score (nSPS) is 15.7. The second kappa shape index (κ2) is 11.0. The minimum Gasteiger partial charge on any atom is -0.352 e. The summed E-state index contributed by atoms with van der Waals surface area (Å²) < 4.78 is 15.4. The minimum absolute atomic E-state index is 0.275. The van der Waals surface area contributed by atoms with Crippen LogP contribution in [0.1, 0.15) is 46.4 Å². The second-order valence-electron chi connectivity index (χ2n) is 6.89. The average molecular weight is 471 g/mol. The highest BCUT2D eigenvalue weighted by Gasteiger charge is 2.24. The van der Waals surface area contributed by atoms with Crippen LogP contribution < -0.4 is 5.32 Å². The van der Waals surface area contributed by atoms with Crippen LogP contribution >= 0.6 is 22.7 Å². The maximum absolute atomic E-state index is 14.6. The molecular weight excluding hydrogens is 439 g/mol. The number of thiophene rings is 1. The van der Waals surface area contributed by atoms with Crippen molar-refractivity contribution in [3.8, 4) is 0 Å². The van der Waals surface area contributed by atoms with Crippen molar-refractivity contribution in [2.24, 2.45) is 0 Å². The molecule has 32 heavy (non-hydrogen) atoms. The molecule has 0 saturated carbocycles. The summed E-state index contributed by atoms with van der Waals surface area (Å²) >= 11 is 3.13. The second-order valence-corrected chi connectivity index (χ2v) is 8.81. The lowest BCUT2D eigenvalue weighted by atomic mass is 10.1. The first-order chi connectivity index (χ1) is 15.6. The molecule has 0 fully saturated rings. The molecule has 3 aromatic heterocycles. The Morgan fingerprint density at radius 3 is 2.62 bits per heavy atom. The lowest BCUT2D eigenvalue weighted by molar-refractivity contribution is 0.307. The average Bonchev–Trinajstić information content (AvgIpc) is 3.54. The Balaban J connectivity index is 0.000000686. The van der Waals surface area contributed by atoms with Gasteiger partial charge >= 0.3 is 0 Å². The Labute approximate surface area is 197 Å². The minimum atomic E-state index is -0.275. The summed E-state index contributed by atoms with van der Waals surface area (Å²) in [4.78, 5) is 13.5. The molecule has 1 unspecified atom stereocenters. The largest absolute Gasteiger partial charge is 0.352 e. The quantitative estimate of drug-likeness (QED) is 0.328. The molecule has 7 heteroatoms. The zero-order valence-corrected chi connectivity index (χ0v) is 21.2. The SMILES string of the molecule is CC.CC.CCN1CC=C(c2cc3c(Nc4cc5ncsc5cc4F)ccnc3s2)C1C. The standard InChI is InChI=1S/C21H19FN4S2.2C2H6/c1-3-26-7-5-13(12(26)2)19-8-14-16(4-6-23-21(14)28-19)25-17-10-18-20(9-15(17)22)27-11-24-18;2*1-2/h4-6,8-12H,3,7H2,1-2H3,(H,23,25);2*1-2H3. The first kappa shape index (κ1) is 24.3. The van der Waals surface area contributed by atoms with Gasteiger partial charge in [-0.05, 0) is 43.3 Å². The molecule has 4 heterocycles. The van der Waals surface area contributed by atoms with E-state index in [1.54, 1.807) is 29.1 Å². The Morgan fingerprint density at radius 1 is 1.12 bits per heavy atom. The van der Waals surface area contributed by atoms with Gasteiger partial charge in [0.05, 0.1) is 27.1 Å². The first-order valence-electron chi connectivity index (χ1n) is 11.3. The fourth-order valence-corrected chi connectivity index (χ4v) is 5.59. The van der Waals surface area contributed by atoms with Crippen molar-refractivity contribution in [3.05, 3.63) is 52.7 Å². The van der Waals surface area contributed by atoms with Crippen LogP contribution in [0.15, 0.2) is 42.0 Å². The van der Waals surface area contributed by atoms with Crippen LogP contribution in [-0.2, 0) is 0 Å². The van der Waals surface area contributed by atoms with Gasteiger partial charge in [-0.3, -0.25) is 4.90 Å². The number of nitrogens with zero attached hydrogens (tertiary/aromatic N) is 3. The fraction of sp³-hybridized carbons (Fsp3) is 0.360. The molecule has 4 nitrogen and oxygen atoms in total. The van der Waals surface area contributed by atoms with Crippen molar-refractivity contribution in [1.29, 1.82) is 0 Å². The van der Waals surface area contributed by atoms with Crippen LogP contribution in [0.3, 0.4) is 0 Å². The van der Waals surface area contributed by atoms with Crippen LogP contribution in [0.5, 0.6) is 0 Å². The molecule has 0 aliphatic carbocycles. The fourth-order valence-electron chi connectivity index (χ4n) is 3.76. The summed E-state index contributed by atoms with van der Waals surface area (Å²) in [6.45, 7) is 14.5. The number of benzene rings is 1. The Hall–Kier alpha value is -2.35. The molecule has 1 aromatic carbocycles. The molecule has 170 valence electrons. The number of hydrogen-bond donors (Lipinski definition) is 1. The predicted octanol–water partition coefficient (Wildman–Crippen LogP) is 7.95. The van der Waals surface area contributed by atoms with Gasteiger partial charge in [0.2, 0.25) is 0 Å². The van der Waals surface area contributed by atoms with Gasteiger partial charge in [0.15, 0.2) is 0 Å². The van der Waals surface area contributed by atoms with Crippen LogP contribution in [0, 0.1) is 5.82 Å². The summed E-state index contributed by atoms with van der Waals surface area (Å²) in [6.07, 6.45) is 4.08. The van der Waals surface area contributed by atoms with Gasteiger partial charge in [0, 0.05) is 29.0 Å². The number of anilines is 2. The molecule has 0 spiro atoms. The predicted molar refractivity (Wildman–Crippen MR) is 140 cm³/mol. The highest BCUT2D eigenvalue weighted by Crippen LogP contribution is 2.38. The topological polar surface area (TPSA) is 41.0 Å². The lowest BCUT2D eigenvalue weighted by Crippen LogP contribution is -2.28. The highest BCUT2D eigenvalue weighted by atomic mass is 32.1. The van der Waals surface area contributed by atoms with Gasteiger partial charge in [-0.2, -0.15) is 0 Å². The van der Waals surface area contributed by atoms with E-state index in [-0.39, 0.29) is 5.82 Å². The smallest absolute Gasteiger partial charge is 0.148 e. The third kappa shape index (κ3) is 4.70. The highest BCUT2D eigenvalue weighted by molar-refractivity contribution is 7.19. The number of aromatic nitrogens is 2. The molecule has 0 bridgehead atoms. The van der Waals surface area contributed by atoms with Gasteiger partial charge in [0.25, 0.3) is 0 Å². The number of hydrogen-bond acceptors (Lipinski definition) is 6. The molecule has 0 amide bonds. The van der Waals surface area contributed by atoms with E-state index in [0.29, 0.717) is 11.7 Å². The summed E-state index contributed by atoms with van der Waals surface area (Å²) in [7, 11) is 0. The van der Waals surface area contributed by atoms with E-state index in [9.17, 15) is 4.39 Å². The van der Waals surface area contributed by atoms with E-state index in [1.165, 1.54) is 27.9 Å². The van der Waals surface area contributed by atoms with Crippen molar-refractivity contribution in [3.63, 3.8) is 0 Å². The van der Waals surface area contributed by atoms with Crippen LogP contribution in [0.4, 0.5) is 15.8 Å². The Kier molecular flexibility index (Phi) is 8.34. The van der Waals surface area contributed by atoms with Gasteiger partial charge < -0.3 is 5.32 Å². The van der Waals surface area contributed by atoms with E-state index in [1.807, 2.05) is 33.8 Å². The van der Waals surface area contributed by atoms with Crippen molar-refractivity contribution in [2.75, 3.05) is 18.4 Å². The first-order valence-corrected chi connectivity index (χ1v) is 13.0. The van der Waals surface area contributed by atoms with E-state index in [0.717, 1.165) is 39.2 Å². The zero-order chi connectivity index (χ0) is 23.3. The van der Waals surface area contributed by atoms with Crippen LogP contribution in [0.2, 0.25) is 0 Å². The van der Waals surface area contributed by atoms with Crippen molar-refractivity contribution in [2.45, 2.75) is 47.6 Å². The molecule has 1 atom stereocenters. The number of likely N-dealkylation sites (N-methyl/N-ethyl adjacent to an activating group) is 1. The Morgan fingerprint density at radius 2 is 1.91 bits per heavy atom. The van der Waals surface area contributed by atoms with E-state index < -0.39 is 0 Å². The van der Waals surface area contributed by atoms with Crippen molar-refractivity contribution >= 4 is 60.1 Å². The van der Waals surface area contributed by atoms with E-state index >= 15 is 0 Å². The van der Waals surface area contributed by atoms with Crippen molar-refractivity contribution < 1.29 is 4.39 Å². The maximum atomic E-state index is 14.6. The monoisotopic (exact) mass is 470 g/mol.